The maximum absolute atomic E-state index is 14.5. The van der Waals surface area contributed by atoms with Crippen LogP contribution in [-0.2, 0) is 6.54 Å². The third kappa shape index (κ3) is 5.50. The van der Waals surface area contributed by atoms with Crippen molar-refractivity contribution < 1.29 is 13.5 Å². The van der Waals surface area contributed by atoms with Gasteiger partial charge in [-0.05, 0) is 68.3 Å². The molecule has 1 aliphatic carbocycles. The minimum Gasteiger partial charge on any atom is -0.493 e. The van der Waals surface area contributed by atoms with Gasteiger partial charge in [-0.1, -0.05) is 12.1 Å². The van der Waals surface area contributed by atoms with Crippen molar-refractivity contribution in [3.8, 4) is 5.75 Å². The van der Waals surface area contributed by atoms with Crippen LogP contribution in [0.3, 0.4) is 0 Å². The van der Waals surface area contributed by atoms with Gasteiger partial charge in [-0.3, -0.25) is 14.7 Å². The van der Waals surface area contributed by atoms with E-state index in [1.807, 2.05) is 12.1 Å². The molecule has 2 N–H and O–H groups in total. The third-order valence-corrected chi connectivity index (χ3v) is 6.50. The highest BCUT2D eigenvalue weighted by Crippen LogP contribution is 2.30. The Morgan fingerprint density at radius 2 is 1.82 bits per heavy atom. The first-order valence-corrected chi connectivity index (χ1v) is 11.6. The van der Waals surface area contributed by atoms with Crippen LogP contribution >= 0.6 is 0 Å². The molecule has 0 atom stereocenters. The number of hydrogen-bond acceptors (Lipinski definition) is 5. The molecule has 174 valence electrons. The van der Waals surface area contributed by atoms with Gasteiger partial charge in [-0.15, -0.1) is 0 Å². The first-order chi connectivity index (χ1) is 16.0. The van der Waals surface area contributed by atoms with Crippen LogP contribution in [0.4, 0.5) is 14.7 Å². The number of ether oxygens (including phenoxy) is 1. The van der Waals surface area contributed by atoms with Crippen LogP contribution in [0.5, 0.6) is 5.75 Å². The van der Waals surface area contributed by atoms with Gasteiger partial charge in [0.15, 0.2) is 0 Å². The van der Waals surface area contributed by atoms with Crippen molar-refractivity contribution in [1.29, 1.82) is 0 Å². The second-order valence-electron chi connectivity index (χ2n) is 9.20. The van der Waals surface area contributed by atoms with Crippen molar-refractivity contribution in [2.24, 2.45) is 11.8 Å². The number of hydrogen-bond donors (Lipinski definition) is 2. The first kappa shape index (κ1) is 21.8. The zero-order valence-electron chi connectivity index (χ0n) is 18.4. The van der Waals surface area contributed by atoms with Crippen LogP contribution in [-0.4, -0.2) is 41.1 Å². The number of H-pyrrole nitrogens is 1. The summed E-state index contributed by atoms with van der Waals surface area (Å²) in [5, 5.41) is 3.18. The molecule has 3 aromatic rings. The highest BCUT2D eigenvalue weighted by Gasteiger charge is 2.23. The van der Waals surface area contributed by atoms with E-state index in [0.29, 0.717) is 42.2 Å². The summed E-state index contributed by atoms with van der Waals surface area (Å²) in [5.41, 5.74) is 0.905. The number of piperidine rings is 1. The fourth-order valence-electron chi connectivity index (χ4n) is 4.30. The van der Waals surface area contributed by atoms with E-state index in [4.69, 9.17) is 4.74 Å². The van der Waals surface area contributed by atoms with E-state index in [2.05, 4.69) is 20.2 Å². The topological polar surface area (TPSA) is 70.2 Å². The number of benzene rings is 2. The van der Waals surface area contributed by atoms with Crippen molar-refractivity contribution in [1.82, 2.24) is 14.9 Å². The van der Waals surface area contributed by atoms with E-state index >= 15 is 0 Å². The van der Waals surface area contributed by atoms with Gasteiger partial charge in [0.1, 0.15) is 22.8 Å². The SMILES string of the molecule is O=c1[nH]c(NCC2CCN(Cc3ccc(F)cc3)CC2)nc2cc(OCC3CC3)cc(F)c12. The minimum absolute atomic E-state index is 0.0478. The van der Waals surface area contributed by atoms with Gasteiger partial charge in [0.25, 0.3) is 5.56 Å². The molecule has 0 spiro atoms. The Bertz CT molecular complexity index is 1170. The minimum atomic E-state index is -0.618. The number of nitrogens with zero attached hydrogens (tertiary/aromatic N) is 2. The van der Waals surface area contributed by atoms with Crippen LogP contribution in [0.15, 0.2) is 41.2 Å². The largest absolute Gasteiger partial charge is 0.493 e. The number of anilines is 1. The molecule has 0 amide bonds. The van der Waals surface area contributed by atoms with E-state index in [1.165, 1.54) is 18.2 Å². The molecule has 8 heteroatoms. The van der Waals surface area contributed by atoms with E-state index in [0.717, 1.165) is 50.9 Å². The number of aromatic amines is 1. The predicted octanol–water partition coefficient (Wildman–Crippen LogP) is 4.31. The number of nitrogens with one attached hydrogen (secondary N) is 2. The fourth-order valence-corrected chi connectivity index (χ4v) is 4.30. The summed E-state index contributed by atoms with van der Waals surface area (Å²) in [5.74, 6) is 0.917. The number of aromatic nitrogens is 2. The Kier molecular flexibility index (Phi) is 6.26. The lowest BCUT2D eigenvalue weighted by molar-refractivity contribution is 0.182. The molecule has 2 aromatic carbocycles. The van der Waals surface area contributed by atoms with Gasteiger partial charge in [0, 0.05) is 25.2 Å². The Hall–Kier alpha value is -3.00. The van der Waals surface area contributed by atoms with Gasteiger partial charge in [0.2, 0.25) is 5.95 Å². The molecular weight excluding hydrogens is 426 g/mol. The lowest BCUT2D eigenvalue weighted by Crippen LogP contribution is -2.35. The standard InChI is InChI=1S/C25H28F2N4O2/c26-19-5-3-17(4-6-19)14-31-9-7-16(8-10-31)13-28-25-29-22-12-20(33-15-18-1-2-18)11-21(27)23(22)24(32)30-25/h3-6,11-12,16,18H,1-2,7-10,13-15H2,(H2,28,29,30,32). The van der Waals surface area contributed by atoms with Crippen LogP contribution in [0, 0.1) is 23.5 Å². The summed E-state index contributed by atoms with van der Waals surface area (Å²) in [6, 6.07) is 9.55. The maximum atomic E-state index is 14.5. The van der Waals surface area contributed by atoms with Crippen LogP contribution in [0.25, 0.3) is 10.9 Å². The molecule has 6 nitrogen and oxygen atoms in total. The molecular formula is C25H28F2N4O2. The van der Waals surface area contributed by atoms with Crippen molar-refractivity contribution in [3.05, 3.63) is 63.9 Å². The molecule has 0 radical (unpaired) electrons. The Balaban J connectivity index is 1.18. The second kappa shape index (κ2) is 9.47. The predicted molar refractivity (Wildman–Crippen MR) is 123 cm³/mol. The first-order valence-electron chi connectivity index (χ1n) is 11.6. The second-order valence-corrected chi connectivity index (χ2v) is 9.20. The monoisotopic (exact) mass is 454 g/mol. The Labute approximate surface area is 191 Å². The molecule has 1 aromatic heterocycles. The Morgan fingerprint density at radius 1 is 1.06 bits per heavy atom. The third-order valence-electron chi connectivity index (χ3n) is 6.50. The zero-order chi connectivity index (χ0) is 22.8. The molecule has 0 bridgehead atoms. The lowest BCUT2D eigenvalue weighted by atomic mass is 9.96. The molecule has 1 saturated carbocycles. The molecule has 2 fully saturated rings. The van der Waals surface area contributed by atoms with Gasteiger partial charge in [-0.25, -0.2) is 13.8 Å². The summed E-state index contributed by atoms with van der Waals surface area (Å²) in [6.45, 7) is 3.98. The van der Waals surface area contributed by atoms with Gasteiger partial charge in [0.05, 0.1) is 12.1 Å². The molecule has 1 aliphatic heterocycles. The van der Waals surface area contributed by atoms with Crippen LogP contribution in [0.1, 0.15) is 31.2 Å². The number of rotatable bonds is 8. The van der Waals surface area contributed by atoms with Crippen molar-refractivity contribution in [2.75, 3.05) is 31.6 Å². The summed E-state index contributed by atoms with van der Waals surface area (Å²) in [4.78, 5) is 21.9. The highest BCUT2D eigenvalue weighted by atomic mass is 19.1. The van der Waals surface area contributed by atoms with E-state index in [9.17, 15) is 13.6 Å². The number of halogens is 2. The quantitative estimate of drug-likeness (QED) is 0.531. The normalized spacial score (nSPS) is 17.4. The number of fused-ring (bicyclic) bond motifs is 1. The summed E-state index contributed by atoms with van der Waals surface area (Å²) in [7, 11) is 0. The van der Waals surface area contributed by atoms with Crippen molar-refractivity contribution in [3.63, 3.8) is 0 Å². The summed E-state index contributed by atoms with van der Waals surface area (Å²) < 4.78 is 33.2. The summed E-state index contributed by atoms with van der Waals surface area (Å²) in [6.07, 6.45) is 4.32. The van der Waals surface area contributed by atoms with E-state index < -0.39 is 11.4 Å². The van der Waals surface area contributed by atoms with Gasteiger partial charge >= 0.3 is 0 Å². The molecule has 1 saturated heterocycles. The zero-order valence-corrected chi connectivity index (χ0v) is 18.4. The van der Waals surface area contributed by atoms with E-state index in [1.54, 1.807) is 6.07 Å². The molecule has 5 rings (SSSR count). The van der Waals surface area contributed by atoms with Crippen molar-refractivity contribution in [2.45, 2.75) is 32.2 Å². The van der Waals surface area contributed by atoms with Crippen molar-refractivity contribution >= 4 is 16.9 Å². The fraction of sp³-hybridized carbons (Fsp3) is 0.440. The maximum Gasteiger partial charge on any atom is 0.263 e. The Morgan fingerprint density at radius 3 is 2.55 bits per heavy atom. The molecule has 2 aliphatic rings. The highest BCUT2D eigenvalue weighted by molar-refractivity contribution is 5.80. The number of likely N-dealkylation sites (tertiary alicyclic amines) is 1. The average molecular weight is 455 g/mol. The molecule has 0 unspecified atom stereocenters. The van der Waals surface area contributed by atoms with Crippen LogP contribution in [0.2, 0.25) is 0 Å². The lowest BCUT2D eigenvalue weighted by Gasteiger charge is -2.32. The van der Waals surface area contributed by atoms with Crippen LogP contribution < -0.4 is 15.6 Å². The average Bonchev–Trinajstić information content (AvgIpc) is 3.63. The summed E-state index contributed by atoms with van der Waals surface area (Å²) >= 11 is 0. The van der Waals surface area contributed by atoms with E-state index in [-0.39, 0.29) is 11.2 Å². The van der Waals surface area contributed by atoms with Gasteiger partial charge < -0.3 is 10.1 Å². The van der Waals surface area contributed by atoms with Gasteiger partial charge in [-0.2, -0.15) is 0 Å². The smallest absolute Gasteiger partial charge is 0.263 e. The molecule has 2 heterocycles. The molecule has 33 heavy (non-hydrogen) atoms.